The van der Waals surface area contributed by atoms with Crippen molar-refractivity contribution in [3.8, 4) is 0 Å². The Hall–Kier alpha value is -5.16. The SMILES string of the molecule is CC1(C)O[C@@H]2[C@H](O1)[C@@H](COCc1cn(Cc3cccc(C=NO)n3)nn1)O[C@H]2n1cnc2c(NC(=O)c3ccccc3)ncnc21. The van der Waals surface area contributed by atoms with Gasteiger partial charge in [-0.1, -0.05) is 34.6 Å². The molecular formula is C30H30N10O6. The Balaban J connectivity index is 1.03. The molecule has 0 spiro atoms. The molecular weight excluding hydrogens is 596 g/mol. The second-order valence-electron chi connectivity index (χ2n) is 11.2. The number of benzene rings is 1. The third-order valence-corrected chi connectivity index (χ3v) is 7.49. The third kappa shape index (κ3) is 6.05. The van der Waals surface area contributed by atoms with Crippen LogP contribution in [0.5, 0.6) is 0 Å². The molecule has 2 N–H and O–H groups in total. The maximum atomic E-state index is 12.8. The molecule has 2 fully saturated rings. The number of oxime groups is 1. The molecule has 7 rings (SSSR count). The Kier molecular flexibility index (Phi) is 7.91. The number of imidazole rings is 1. The summed E-state index contributed by atoms with van der Waals surface area (Å²) in [5.41, 5.74) is 3.27. The van der Waals surface area contributed by atoms with Gasteiger partial charge in [-0.3, -0.25) is 9.36 Å². The zero-order chi connectivity index (χ0) is 31.7. The van der Waals surface area contributed by atoms with Crippen LogP contribution >= 0.6 is 0 Å². The second-order valence-corrected chi connectivity index (χ2v) is 11.2. The highest BCUT2D eigenvalue weighted by molar-refractivity contribution is 6.06. The number of fused-ring (bicyclic) bond motifs is 2. The number of hydrogen-bond donors (Lipinski definition) is 2. The highest BCUT2D eigenvalue weighted by Gasteiger charge is 2.56. The highest BCUT2D eigenvalue weighted by Crippen LogP contribution is 2.44. The number of nitrogens with one attached hydrogen (secondary N) is 1. The average Bonchev–Trinajstić information content (AvgIpc) is 3.82. The van der Waals surface area contributed by atoms with Crippen molar-refractivity contribution < 1.29 is 28.9 Å². The minimum Gasteiger partial charge on any atom is -0.411 e. The molecule has 2 aliphatic rings. The molecule has 0 saturated carbocycles. The van der Waals surface area contributed by atoms with Gasteiger partial charge in [0.2, 0.25) is 0 Å². The van der Waals surface area contributed by atoms with Gasteiger partial charge in [-0.05, 0) is 38.1 Å². The van der Waals surface area contributed by atoms with Crippen LogP contribution in [0, 0.1) is 0 Å². The van der Waals surface area contributed by atoms with Gasteiger partial charge in [0.15, 0.2) is 29.0 Å². The molecule has 1 aromatic carbocycles. The minimum atomic E-state index is -0.840. The molecule has 2 saturated heterocycles. The largest absolute Gasteiger partial charge is 0.411 e. The predicted molar refractivity (Wildman–Crippen MR) is 160 cm³/mol. The quantitative estimate of drug-likeness (QED) is 0.131. The van der Waals surface area contributed by atoms with E-state index in [0.717, 1.165) is 5.69 Å². The highest BCUT2D eigenvalue weighted by atomic mass is 16.8. The number of ether oxygens (including phenoxy) is 4. The topological polar surface area (TPSA) is 186 Å². The van der Waals surface area contributed by atoms with Crippen LogP contribution in [0.2, 0.25) is 0 Å². The fourth-order valence-corrected chi connectivity index (χ4v) is 5.56. The van der Waals surface area contributed by atoms with Gasteiger partial charge < -0.3 is 29.5 Å². The van der Waals surface area contributed by atoms with Crippen molar-refractivity contribution in [3.63, 3.8) is 0 Å². The first-order valence-electron chi connectivity index (χ1n) is 14.5. The lowest BCUT2D eigenvalue weighted by Crippen LogP contribution is -2.32. The van der Waals surface area contributed by atoms with Gasteiger partial charge in [-0.15, -0.1) is 5.10 Å². The molecule has 2 aliphatic heterocycles. The van der Waals surface area contributed by atoms with Crippen molar-refractivity contribution in [3.05, 3.63) is 90.0 Å². The van der Waals surface area contributed by atoms with E-state index in [1.165, 1.54) is 12.5 Å². The van der Waals surface area contributed by atoms with Gasteiger partial charge in [0.05, 0.1) is 49.9 Å². The standard InChI is InChI=1S/C30H30N10O6/c1-30(2)45-24-22(15-43-14-21-13-39(38-37-21)12-20-10-6-9-19(35-20)11-34-42)44-29(25(24)46-30)40-17-33-23-26(31-16-32-27(23)40)36-28(41)18-7-4-3-5-8-18/h3-11,13,16-17,22,24-25,29,42H,12,14-15H2,1-2H3,(H,31,32,36,41)/t22-,24-,25-,29-/m1/s1. The van der Waals surface area contributed by atoms with E-state index in [2.05, 4.69) is 40.7 Å². The Morgan fingerprint density at radius 2 is 1.93 bits per heavy atom. The Morgan fingerprint density at radius 1 is 1.09 bits per heavy atom. The number of rotatable bonds is 10. The first-order valence-corrected chi connectivity index (χ1v) is 14.5. The summed E-state index contributed by atoms with van der Waals surface area (Å²) in [5, 5.41) is 23.0. The van der Waals surface area contributed by atoms with E-state index >= 15 is 0 Å². The molecule has 4 atom stereocenters. The number of carbonyl (C=O) groups excluding carboxylic acids is 1. The summed E-state index contributed by atoms with van der Waals surface area (Å²) in [6, 6.07) is 14.3. The lowest BCUT2D eigenvalue weighted by molar-refractivity contribution is -0.202. The summed E-state index contributed by atoms with van der Waals surface area (Å²) in [7, 11) is 0. The average molecular weight is 627 g/mol. The molecule has 6 heterocycles. The number of hydrogen-bond acceptors (Lipinski definition) is 13. The lowest BCUT2D eigenvalue weighted by Gasteiger charge is -2.24. The number of nitrogens with zero attached hydrogens (tertiary/aromatic N) is 9. The van der Waals surface area contributed by atoms with Crippen LogP contribution in [-0.4, -0.2) is 87.5 Å². The first kappa shape index (κ1) is 29.5. The molecule has 0 radical (unpaired) electrons. The number of amides is 1. The van der Waals surface area contributed by atoms with E-state index in [-0.39, 0.29) is 24.9 Å². The van der Waals surface area contributed by atoms with Crippen LogP contribution < -0.4 is 5.32 Å². The van der Waals surface area contributed by atoms with Crippen LogP contribution in [0.1, 0.15) is 47.5 Å². The van der Waals surface area contributed by atoms with Gasteiger partial charge in [-0.25, -0.2) is 24.6 Å². The van der Waals surface area contributed by atoms with Crippen LogP contribution in [-0.2, 0) is 32.1 Å². The number of pyridine rings is 1. The van der Waals surface area contributed by atoms with Gasteiger partial charge in [0, 0.05) is 5.56 Å². The van der Waals surface area contributed by atoms with Crippen LogP contribution in [0.4, 0.5) is 5.82 Å². The van der Waals surface area contributed by atoms with Crippen LogP contribution in [0.15, 0.2) is 72.5 Å². The van der Waals surface area contributed by atoms with E-state index in [1.807, 2.05) is 32.0 Å². The number of anilines is 1. The van der Waals surface area contributed by atoms with Gasteiger partial charge in [-0.2, -0.15) is 0 Å². The van der Waals surface area contributed by atoms with E-state index in [0.29, 0.717) is 34.7 Å². The maximum Gasteiger partial charge on any atom is 0.256 e. The summed E-state index contributed by atoms with van der Waals surface area (Å²) >= 11 is 0. The fourth-order valence-electron chi connectivity index (χ4n) is 5.56. The normalized spacial score (nSPS) is 22.0. The molecule has 0 bridgehead atoms. The van der Waals surface area contributed by atoms with Crippen molar-refractivity contribution in [1.29, 1.82) is 0 Å². The van der Waals surface area contributed by atoms with Gasteiger partial charge in [0.1, 0.15) is 30.3 Å². The molecule has 236 valence electrons. The maximum absolute atomic E-state index is 12.8. The predicted octanol–water partition coefficient (Wildman–Crippen LogP) is 2.56. The Labute approximate surface area is 262 Å². The fraction of sp³-hybridized carbons (Fsp3) is 0.333. The molecule has 16 heteroatoms. The number of aromatic nitrogens is 8. The van der Waals surface area contributed by atoms with E-state index in [1.54, 1.807) is 52.1 Å². The lowest BCUT2D eigenvalue weighted by atomic mass is 10.1. The Bertz CT molecular complexity index is 1880. The summed E-state index contributed by atoms with van der Waals surface area (Å²) < 4.78 is 28.4. The van der Waals surface area contributed by atoms with E-state index in [4.69, 9.17) is 24.2 Å². The van der Waals surface area contributed by atoms with Gasteiger partial charge >= 0.3 is 0 Å². The zero-order valence-corrected chi connectivity index (χ0v) is 24.9. The molecule has 5 aromatic rings. The second kappa shape index (κ2) is 12.3. The Morgan fingerprint density at radius 3 is 2.78 bits per heavy atom. The van der Waals surface area contributed by atoms with E-state index in [9.17, 15) is 4.79 Å². The third-order valence-electron chi connectivity index (χ3n) is 7.49. The number of carbonyl (C=O) groups is 1. The zero-order valence-electron chi connectivity index (χ0n) is 24.9. The first-order chi connectivity index (χ1) is 22.4. The van der Waals surface area contributed by atoms with Crippen molar-refractivity contribution in [2.24, 2.45) is 5.16 Å². The molecule has 16 nitrogen and oxygen atoms in total. The van der Waals surface area contributed by atoms with Crippen molar-refractivity contribution in [2.45, 2.75) is 57.3 Å². The smallest absolute Gasteiger partial charge is 0.256 e. The van der Waals surface area contributed by atoms with Crippen molar-refractivity contribution >= 4 is 29.1 Å². The molecule has 0 aliphatic carbocycles. The summed E-state index contributed by atoms with van der Waals surface area (Å²) in [6.45, 7) is 4.49. The molecule has 4 aromatic heterocycles. The van der Waals surface area contributed by atoms with E-state index < -0.39 is 30.3 Å². The molecule has 46 heavy (non-hydrogen) atoms. The van der Waals surface area contributed by atoms with Crippen LogP contribution in [0.25, 0.3) is 11.2 Å². The molecule has 1 amide bonds. The summed E-state index contributed by atoms with van der Waals surface area (Å²) in [6.07, 6.45) is 4.01. The van der Waals surface area contributed by atoms with Crippen molar-refractivity contribution in [1.82, 2.24) is 39.5 Å². The monoisotopic (exact) mass is 626 g/mol. The minimum absolute atomic E-state index is 0.197. The summed E-state index contributed by atoms with van der Waals surface area (Å²) in [4.78, 5) is 30.4. The van der Waals surface area contributed by atoms with Crippen molar-refractivity contribution in [2.75, 3.05) is 11.9 Å². The summed E-state index contributed by atoms with van der Waals surface area (Å²) in [5.74, 6) is -0.864. The van der Waals surface area contributed by atoms with Crippen LogP contribution in [0.3, 0.4) is 0 Å². The van der Waals surface area contributed by atoms with Gasteiger partial charge in [0.25, 0.3) is 5.91 Å². The molecule has 0 unspecified atom stereocenters.